The van der Waals surface area contributed by atoms with Gasteiger partial charge in [-0.1, -0.05) is 31.0 Å². The summed E-state index contributed by atoms with van der Waals surface area (Å²) in [5.41, 5.74) is 2.83. The van der Waals surface area contributed by atoms with Gasteiger partial charge in [-0.25, -0.2) is 0 Å². The van der Waals surface area contributed by atoms with E-state index in [4.69, 9.17) is 0 Å². The van der Waals surface area contributed by atoms with Crippen LogP contribution in [0.4, 0.5) is 5.69 Å². The normalized spacial score (nSPS) is 17.6. The molecular weight excluding hydrogens is 158 g/mol. The third kappa shape index (κ3) is 1.69. The van der Waals surface area contributed by atoms with Crippen LogP contribution in [-0.4, -0.2) is 7.05 Å². The van der Waals surface area contributed by atoms with Crippen LogP contribution in [0.15, 0.2) is 24.3 Å². The van der Waals surface area contributed by atoms with Crippen molar-refractivity contribution < 1.29 is 0 Å². The van der Waals surface area contributed by atoms with Gasteiger partial charge in [0.25, 0.3) is 0 Å². The topological polar surface area (TPSA) is 12.0 Å². The Morgan fingerprint density at radius 3 is 2.54 bits per heavy atom. The molecule has 0 heterocycles. The van der Waals surface area contributed by atoms with Gasteiger partial charge in [0.1, 0.15) is 0 Å². The fraction of sp³-hybridized carbons (Fsp3) is 0.500. The minimum Gasteiger partial charge on any atom is -0.388 e. The van der Waals surface area contributed by atoms with Crippen LogP contribution < -0.4 is 5.32 Å². The van der Waals surface area contributed by atoms with Gasteiger partial charge in [-0.15, -0.1) is 0 Å². The van der Waals surface area contributed by atoms with E-state index in [-0.39, 0.29) is 0 Å². The third-order valence-corrected chi connectivity index (χ3v) is 3.03. The summed E-state index contributed by atoms with van der Waals surface area (Å²) in [6.07, 6.45) is 5.56. The van der Waals surface area contributed by atoms with E-state index in [0.29, 0.717) is 0 Å². The van der Waals surface area contributed by atoms with Crippen molar-refractivity contribution in [1.29, 1.82) is 0 Å². The molecule has 2 rings (SSSR count). The molecule has 13 heavy (non-hydrogen) atoms. The fourth-order valence-electron chi connectivity index (χ4n) is 2.32. The summed E-state index contributed by atoms with van der Waals surface area (Å²) < 4.78 is 0. The first-order valence-electron chi connectivity index (χ1n) is 5.18. The van der Waals surface area contributed by atoms with Crippen molar-refractivity contribution in [1.82, 2.24) is 0 Å². The Balaban J connectivity index is 2.26. The fourth-order valence-corrected chi connectivity index (χ4v) is 2.32. The molecule has 0 unspecified atom stereocenters. The van der Waals surface area contributed by atoms with Crippen LogP contribution in [0.1, 0.15) is 37.2 Å². The average molecular weight is 175 g/mol. The first kappa shape index (κ1) is 8.61. The lowest BCUT2D eigenvalue weighted by molar-refractivity contribution is 0.725. The van der Waals surface area contributed by atoms with Crippen molar-refractivity contribution in [3.8, 4) is 0 Å². The molecule has 0 atom stereocenters. The Morgan fingerprint density at radius 2 is 1.85 bits per heavy atom. The molecular formula is C12H17N. The molecule has 70 valence electrons. The monoisotopic (exact) mass is 175 g/mol. The van der Waals surface area contributed by atoms with Crippen LogP contribution in [0, 0.1) is 0 Å². The molecule has 0 aromatic heterocycles. The van der Waals surface area contributed by atoms with Gasteiger partial charge in [0.2, 0.25) is 0 Å². The van der Waals surface area contributed by atoms with E-state index in [1.54, 1.807) is 0 Å². The molecule has 0 amide bonds. The zero-order valence-electron chi connectivity index (χ0n) is 8.22. The van der Waals surface area contributed by atoms with Gasteiger partial charge < -0.3 is 5.32 Å². The summed E-state index contributed by atoms with van der Waals surface area (Å²) >= 11 is 0. The summed E-state index contributed by atoms with van der Waals surface area (Å²) in [4.78, 5) is 0. The smallest absolute Gasteiger partial charge is 0.0372 e. The zero-order valence-corrected chi connectivity index (χ0v) is 8.22. The largest absolute Gasteiger partial charge is 0.388 e. The Bertz CT molecular complexity index is 274. The second-order valence-corrected chi connectivity index (χ2v) is 3.82. The number of nitrogens with one attached hydrogen (secondary N) is 1. The number of para-hydroxylation sites is 1. The van der Waals surface area contributed by atoms with E-state index >= 15 is 0 Å². The van der Waals surface area contributed by atoms with Crippen LogP contribution in [0.2, 0.25) is 0 Å². The maximum Gasteiger partial charge on any atom is 0.0372 e. The average Bonchev–Trinajstić information content (AvgIpc) is 2.70. The number of hydrogen-bond donors (Lipinski definition) is 1. The van der Waals surface area contributed by atoms with Crippen LogP contribution in [0.5, 0.6) is 0 Å². The summed E-state index contributed by atoms with van der Waals surface area (Å²) in [5, 5.41) is 3.27. The number of benzene rings is 1. The Kier molecular flexibility index (Phi) is 2.53. The standard InChI is InChI=1S/C12H17N/c1-13-12-9-5-4-8-11(12)10-6-2-3-7-10/h4-5,8-10,13H,2-3,6-7H2,1H3. The molecule has 1 aliphatic rings. The first-order chi connectivity index (χ1) is 6.42. The summed E-state index contributed by atoms with van der Waals surface area (Å²) in [7, 11) is 2.01. The van der Waals surface area contributed by atoms with E-state index in [2.05, 4.69) is 29.6 Å². The van der Waals surface area contributed by atoms with Gasteiger partial charge in [-0.3, -0.25) is 0 Å². The van der Waals surface area contributed by atoms with E-state index in [9.17, 15) is 0 Å². The number of rotatable bonds is 2. The molecule has 1 fully saturated rings. The lowest BCUT2D eigenvalue weighted by atomic mass is 9.96. The maximum absolute atomic E-state index is 3.27. The van der Waals surface area contributed by atoms with Crippen molar-refractivity contribution in [2.75, 3.05) is 12.4 Å². The lowest BCUT2D eigenvalue weighted by Gasteiger charge is -2.14. The van der Waals surface area contributed by atoms with E-state index < -0.39 is 0 Å². The van der Waals surface area contributed by atoms with E-state index in [1.165, 1.54) is 36.9 Å². The highest BCUT2D eigenvalue weighted by Crippen LogP contribution is 2.37. The van der Waals surface area contributed by atoms with Crippen molar-refractivity contribution in [3.63, 3.8) is 0 Å². The van der Waals surface area contributed by atoms with Gasteiger partial charge in [0.05, 0.1) is 0 Å². The minimum atomic E-state index is 0.809. The molecule has 1 nitrogen and oxygen atoms in total. The van der Waals surface area contributed by atoms with Gasteiger partial charge >= 0.3 is 0 Å². The minimum absolute atomic E-state index is 0.809. The lowest BCUT2D eigenvalue weighted by Crippen LogP contribution is -1.98. The van der Waals surface area contributed by atoms with Gasteiger partial charge in [-0.2, -0.15) is 0 Å². The van der Waals surface area contributed by atoms with Crippen LogP contribution in [0.3, 0.4) is 0 Å². The Labute approximate surface area is 80.2 Å². The molecule has 0 saturated heterocycles. The first-order valence-corrected chi connectivity index (χ1v) is 5.18. The second kappa shape index (κ2) is 3.82. The highest BCUT2D eigenvalue weighted by Gasteiger charge is 2.18. The summed E-state index contributed by atoms with van der Waals surface area (Å²) in [6.45, 7) is 0. The molecule has 0 aliphatic heterocycles. The van der Waals surface area contributed by atoms with E-state index in [1.807, 2.05) is 7.05 Å². The highest BCUT2D eigenvalue weighted by atomic mass is 14.8. The van der Waals surface area contributed by atoms with Gasteiger partial charge in [0.15, 0.2) is 0 Å². The second-order valence-electron chi connectivity index (χ2n) is 3.82. The summed E-state index contributed by atoms with van der Waals surface area (Å²) in [6, 6.07) is 8.69. The molecule has 1 aromatic rings. The van der Waals surface area contributed by atoms with Crippen molar-refractivity contribution >= 4 is 5.69 Å². The zero-order chi connectivity index (χ0) is 9.10. The van der Waals surface area contributed by atoms with Gasteiger partial charge in [-0.05, 0) is 30.4 Å². The molecule has 0 radical (unpaired) electrons. The molecule has 0 spiro atoms. The molecule has 0 bridgehead atoms. The predicted octanol–water partition coefficient (Wildman–Crippen LogP) is 3.39. The highest BCUT2D eigenvalue weighted by molar-refractivity contribution is 5.52. The maximum atomic E-state index is 3.27. The Hall–Kier alpha value is -0.980. The van der Waals surface area contributed by atoms with Crippen LogP contribution in [-0.2, 0) is 0 Å². The van der Waals surface area contributed by atoms with Crippen molar-refractivity contribution in [2.24, 2.45) is 0 Å². The van der Waals surface area contributed by atoms with Crippen LogP contribution in [0.25, 0.3) is 0 Å². The summed E-state index contributed by atoms with van der Waals surface area (Å²) in [5.74, 6) is 0.809. The molecule has 1 aliphatic carbocycles. The van der Waals surface area contributed by atoms with Crippen LogP contribution >= 0.6 is 0 Å². The van der Waals surface area contributed by atoms with Crippen molar-refractivity contribution in [3.05, 3.63) is 29.8 Å². The quantitative estimate of drug-likeness (QED) is 0.726. The third-order valence-electron chi connectivity index (χ3n) is 3.03. The number of anilines is 1. The molecule has 1 saturated carbocycles. The SMILES string of the molecule is CNc1ccccc1C1CCCC1. The molecule has 1 N–H and O–H groups in total. The van der Waals surface area contributed by atoms with Gasteiger partial charge in [0, 0.05) is 12.7 Å². The van der Waals surface area contributed by atoms with E-state index in [0.717, 1.165) is 5.92 Å². The number of hydrogen-bond acceptors (Lipinski definition) is 1. The molecule has 1 heteroatoms. The molecule has 1 aromatic carbocycles. The van der Waals surface area contributed by atoms with Crippen molar-refractivity contribution in [2.45, 2.75) is 31.6 Å². The predicted molar refractivity (Wildman–Crippen MR) is 57.2 cm³/mol. The Morgan fingerprint density at radius 1 is 1.15 bits per heavy atom.